The predicted molar refractivity (Wildman–Crippen MR) is 110 cm³/mol. The van der Waals surface area contributed by atoms with Gasteiger partial charge in [-0.15, -0.1) is 0 Å². The summed E-state index contributed by atoms with van der Waals surface area (Å²) in [5.41, 5.74) is 3.07. The molecule has 1 aromatic carbocycles. The molecule has 0 amide bonds. The highest BCUT2D eigenvalue weighted by molar-refractivity contribution is 5.84. The third kappa shape index (κ3) is 3.10. The number of hydrogen-bond donors (Lipinski definition) is 1. The molecular weight excluding hydrogens is 350 g/mol. The van der Waals surface area contributed by atoms with E-state index in [2.05, 4.69) is 21.5 Å². The normalized spacial score (nSPS) is 15.4. The van der Waals surface area contributed by atoms with Gasteiger partial charge in [0.2, 0.25) is 0 Å². The third-order valence-corrected chi connectivity index (χ3v) is 5.69. The molecule has 142 valence electrons. The van der Waals surface area contributed by atoms with Crippen molar-refractivity contribution in [3.8, 4) is 0 Å². The van der Waals surface area contributed by atoms with Crippen molar-refractivity contribution in [2.24, 2.45) is 0 Å². The molecule has 5 rings (SSSR count). The molecule has 0 spiro atoms. The smallest absolute Gasteiger partial charge is 0.274 e. The Morgan fingerprint density at radius 2 is 2.00 bits per heavy atom. The summed E-state index contributed by atoms with van der Waals surface area (Å²) < 4.78 is 3.60. The Balaban J connectivity index is 1.47. The van der Waals surface area contributed by atoms with Crippen LogP contribution in [0.2, 0.25) is 0 Å². The van der Waals surface area contributed by atoms with Crippen molar-refractivity contribution < 1.29 is 0 Å². The average Bonchev–Trinajstić information content (AvgIpc) is 3.16. The van der Waals surface area contributed by atoms with Gasteiger partial charge in [0.1, 0.15) is 5.65 Å². The maximum Gasteiger partial charge on any atom is 0.274 e. The number of fused-ring (bicyclic) bond motifs is 2. The van der Waals surface area contributed by atoms with Crippen LogP contribution in [0.4, 0.5) is 0 Å². The number of hydrogen-bond acceptors (Lipinski definition) is 4. The second-order valence-corrected chi connectivity index (χ2v) is 7.46. The lowest BCUT2D eigenvalue weighted by Gasteiger charge is -2.24. The number of nitrogens with zero attached hydrogens (tertiary/aromatic N) is 4. The molecule has 4 heterocycles. The van der Waals surface area contributed by atoms with Gasteiger partial charge in [-0.3, -0.25) is 4.79 Å². The summed E-state index contributed by atoms with van der Waals surface area (Å²) in [5, 5.41) is 9.59. The van der Waals surface area contributed by atoms with E-state index in [1.807, 2.05) is 53.3 Å². The van der Waals surface area contributed by atoms with E-state index >= 15 is 0 Å². The lowest BCUT2D eigenvalue weighted by molar-refractivity contribution is 0.462. The first kappa shape index (κ1) is 17.1. The Morgan fingerprint density at radius 3 is 2.86 bits per heavy atom. The van der Waals surface area contributed by atoms with Gasteiger partial charge in [0.25, 0.3) is 5.56 Å². The van der Waals surface area contributed by atoms with E-state index in [0.717, 1.165) is 48.0 Å². The van der Waals surface area contributed by atoms with Crippen LogP contribution in [0.1, 0.15) is 30.0 Å². The lowest BCUT2D eigenvalue weighted by Crippen LogP contribution is -2.29. The molecule has 0 aliphatic carbocycles. The van der Waals surface area contributed by atoms with Crippen LogP contribution in [0.3, 0.4) is 0 Å². The van der Waals surface area contributed by atoms with Crippen LogP contribution in [0.25, 0.3) is 16.4 Å². The lowest BCUT2D eigenvalue weighted by atomic mass is 9.87. The van der Waals surface area contributed by atoms with Gasteiger partial charge in [-0.05, 0) is 49.5 Å². The highest BCUT2D eigenvalue weighted by atomic mass is 16.1. The third-order valence-electron chi connectivity index (χ3n) is 5.69. The summed E-state index contributed by atoms with van der Waals surface area (Å²) in [6.07, 6.45) is 8.64. The summed E-state index contributed by atoms with van der Waals surface area (Å²) in [5.74, 6) is 0.437. The molecular formula is C22H23N5O. The summed E-state index contributed by atoms with van der Waals surface area (Å²) >= 11 is 0. The minimum absolute atomic E-state index is 0.00963. The number of nitrogens with one attached hydrogen (secondary N) is 1. The highest BCUT2D eigenvalue weighted by Gasteiger charge is 2.19. The van der Waals surface area contributed by atoms with Crippen molar-refractivity contribution in [1.29, 1.82) is 0 Å². The first-order valence-corrected chi connectivity index (χ1v) is 9.92. The molecule has 1 saturated heterocycles. The summed E-state index contributed by atoms with van der Waals surface area (Å²) in [6, 6.07) is 12.1. The van der Waals surface area contributed by atoms with Crippen molar-refractivity contribution >= 4 is 16.4 Å². The van der Waals surface area contributed by atoms with Gasteiger partial charge in [0, 0.05) is 24.2 Å². The molecule has 0 saturated carbocycles. The number of aromatic nitrogens is 4. The summed E-state index contributed by atoms with van der Waals surface area (Å²) in [7, 11) is 0. The highest BCUT2D eigenvalue weighted by Crippen LogP contribution is 2.29. The van der Waals surface area contributed by atoms with Crippen LogP contribution < -0.4 is 10.9 Å². The second kappa shape index (κ2) is 7.20. The number of aryl methyl sites for hydroxylation is 2. The van der Waals surface area contributed by atoms with Gasteiger partial charge in [0.05, 0.1) is 23.8 Å². The molecule has 0 bridgehead atoms. The zero-order valence-electron chi connectivity index (χ0n) is 15.7. The second-order valence-electron chi connectivity index (χ2n) is 7.46. The standard InChI is InChI=1S/C22H23N5O/c28-22-21-17(4-3-5-19(21)16-7-10-23-11-8-16)14-24-27(22)13-9-18-15-26-12-2-1-6-20(26)25-18/h1-6,12,14-16,23H,7-11,13H2. The van der Waals surface area contributed by atoms with Crippen LogP contribution in [0, 0.1) is 0 Å². The average molecular weight is 373 g/mol. The molecule has 1 aliphatic rings. The Hall–Kier alpha value is -2.99. The van der Waals surface area contributed by atoms with Crippen molar-refractivity contribution in [3.63, 3.8) is 0 Å². The van der Waals surface area contributed by atoms with Crippen LogP contribution in [-0.4, -0.2) is 32.3 Å². The van der Waals surface area contributed by atoms with Gasteiger partial charge < -0.3 is 9.72 Å². The SMILES string of the molecule is O=c1c2c(C3CCNCC3)cccc2cnn1CCc1cn2ccccc2n1. The number of imidazole rings is 1. The summed E-state index contributed by atoms with van der Waals surface area (Å²) in [6.45, 7) is 2.54. The van der Waals surface area contributed by atoms with Gasteiger partial charge in [-0.1, -0.05) is 24.3 Å². The minimum atomic E-state index is 0.00963. The van der Waals surface area contributed by atoms with Crippen molar-refractivity contribution in [1.82, 2.24) is 24.5 Å². The maximum absolute atomic E-state index is 13.2. The molecule has 1 aliphatic heterocycles. The fourth-order valence-electron chi connectivity index (χ4n) is 4.22. The molecule has 3 aromatic heterocycles. The molecule has 0 radical (unpaired) electrons. The number of benzene rings is 1. The van der Waals surface area contributed by atoms with Crippen LogP contribution in [0.5, 0.6) is 0 Å². The van der Waals surface area contributed by atoms with Crippen LogP contribution in [-0.2, 0) is 13.0 Å². The largest absolute Gasteiger partial charge is 0.317 e. The van der Waals surface area contributed by atoms with Crippen molar-refractivity contribution in [2.75, 3.05) is 13.1 Å². The summed E-state index contributed by atoms with van der Waals surface area (Å²) in [4.78, 5) is 17.9. The first-order chi connectivity index (χ1) is 13.8. The zero-order valence-corrected chi connectivity index (χ0v) is 15.7. The minimum Gasteiger partial charge on any atom is -0.317 e. The van der Waals surface area contributed by atoms with E-state index in [1.165, 1.54) is 5.56 Å². The molecule has 1 fully saturated rings. The van der Waals surface area contributed by atoms with Crippen LogP contribution >= 0.6 is 0 Å². The number of rotatable bonds is 4. The molecule has 6 heteroatoms. The van der Waals surface area contributed by atoms with E-state index in [4.69, 9.17) is 0 Å². The van der Waals surface area contributed by atoms with Gasteiger partial charge in [-0.2, -0.15) is 5.10 Å². The van der Waals surface area contributed by atoms with E-state index < -0.39 is 0 Å². The Bertz CT molecular complexity index is 1150. The quantitative estimate of drug-likeness (QED) is 0.597. The van der Waals surface area contributed by atoms with E-state index in [0.29, 0.717) is 18.9 Å². The van der Waals surface area contributed by atoms with Gasteiger partial charge in [-0.25, -0.2) is 9.67 Å². The van der Waals surface area contributed by atoms with Crippen molar-refractivity contribution in [2.45, 2.75) is 31.7 Å². The van der Waals surface area contributed by atoms with Crippen LogP contribution in [0.15, 0.2) is 59.8 Å². The molecule has 0 atom stereocenters. The van der Waals surface area contributed by atoms with Gasteiger partial charge in [0.15, 0.2) is 0 Å². The number of piperidine rings is 1. The van der Waals surface area contributed by atoms with E-state index in [-0.39, 0.29) is 5.56 Å². The fraction of sp³-hybridized carbons (Fsp3) is 0.318. The zero-order chi connectivity index (χ0) is 18.9. The Kier molecular flexibility index (Phi) is 4.41. The van der Waals surface area contributed by atoms with Gasteiger partial charge >= 0.3 is 0 Å². The Morgan fingerprint density at radius 1 is 1.11 bits per heavy atom. The molecule has 6 nitrogen and oxygen atoms in total. The van der Waals surface area contributed by atoms with Crippen molar-refractivity contribution in [3.05, 3.63) is 76.6 Å². The molecule has 1 N–H and O–H groups in total. The Labute approximate surface area is 162 Å². The van der Waals surface area contributed by atoms with E-state index in [9.17, 15) is 4.79 Å². The molecule has 4 aromatic rings. The fourth-order valence-corrected chi connectivity index (χ4v) is 4.22. The number of pyridine rings is 1. The first-order valence-electron chi connectivity index (χ1n) is 9.92. The monoisotopic (exact) mass is 373 g/mol. The predicted octanol–water partition coefficient (Wildman–Crippen LogP) is 2.75. The van der Waals surface area contributed by atoms with E-state index in [1.54, 1.807) is 4.68 Å². The molecule has 28 heavy (non-hydrogen) atoms. The topological polar surface area (TPSA) is 64.2 Å². The maximum atomic E-state index is 13.2. The molecule has 0 unspecified atom stereocenters.